The van der Waals surface area contributed by atoms with Crippen LogP contribution in [0.15, 0.2) is 11.8 Å². The molecule has 1 N–H and O–H groups in total. The molecular weight excluding hydrogens is 320 g/mol. The van der Waals surface area contributed by atoms with Crippen LogP contribution in [0.3, 0.4) is 0 Å². The van der Waals surface area contributed by atoms with Gasteiger partial charge in [-0.25, -0.2) is 13.1 Å². The lowest BCUT2D eigenvalue weighted by atomic mass is 10.1. The van der Waals surface area contributed by atoms with Crippen molar-refractivity contribution in [2.45, 2.75) is 58.5 Å². The Kier molecular flexibility index (Phi) is 7.21. The van der Waals surface area contributed by atoms with E-state index in [9.17, 15) is 18.0 Å². The van der Waals surface area contributed by atoms with Crippen molar-refractivity contribution in [2.24, 2.45) is 0 Å². The predicted molar refractivity (Wildman–Crippen MR) is 86.9 cm³/mol. The van der Waals surface area contributed by atoms with Crippen LogP contribution in [0.25, 0.3) is 0 Å². The van der Waals surface area contributed by atoms with Crippen molar-refractivity contribution in [2.75, 3.05) is 12.9 Å². The molecular formula is C15H26N2O5S. The van der Waals surface area contributed by atoms with Gasteiger partial charge in [-0.15, -0.1) is 0 Å². The van der Waals surface area contributed by atoms with Crippen molar-refractivity contribution in [3.8, 4) is 0 Å². The Morgan fingerprint density at radius 3 is 2.48 bits per heavy atom. The van der Waals surface area contributed by atoms with Crippen LogP contribution in [0.4, 0.5) is 0 Å². The van der Waals surface area contributed by atoms with Gasteiger partial charge in [0, 0.05) is 6.08 Å². The molecule has 1 heterocycles. The highest BCUT2D eigenvalue weighted by atomic mass is 32.2. The molecule has 0 aromatic heterocycles. The summed E-state index contributed by atoms with van der Waals surface area (Å²) in [6.45, 7) is 5.30. The molecule has 2 unspecified atom stereocenters. The Balaban J connectivity index is 3.04. The molecule has 132 valence electrons. The van der Waals surface area contributed by atoms with Crippen molar-refractivity contribution < 1.29 is 22.7 Å². The molecule has 0 fully saturated rings. The maximum atomic E-state index is 12.8. The molecule has 0 aliphatic carbocycles. The third-order valence-electron chi connectivity index (χ3n) is 3.76. The average molecular weight is 346 g/mol. The molecule has 8 heteroatoms. The number of ether oxygens (including phenoxy) is 1. The molecule has 0 aromatic rings. The van der Waals surface area contributed by atoms with Gasteiger partial charge in [-0.1, -0.05) is 26.7 Å². The molecule has 1 aliphatic rings. The van der Waals surface area contributed by atoms with E-state index in [0.717, 1.165) is 11.3 Å². The van der Waals surface area contributed by atoms with E-state index < -0.39 is 33.9 Å². The number of methoxy groups -OCH3 is 1. The predicted octanol–water partition coefficient (Wildman–Crippen LogP) is 1.16. The largest absolute Gasteiger partial charge is 0.499 e. The number of carbonyl (C=O) groups excluding carboxylic acids is 2. The van der Waals surface area contributed by atoms with Gasteiger partial charge < -0.3 is 4.74 Å². The molecule has 1 aliphatic heterocycles. The minimum atomic E-state index is -3.54. The monoisotopic (exact) mass is 346 g/mol. The lowest BCUT2D eigenvalue weighted by Crippen LogP contribution is -2.52. The lowest BCUT2D eigenvalue weighted by Gasteiger charge is -2.28. The topological polar surface area (TPSA) is 92.8 Å². The minimum Gasteiger partial charge on any atom is -0.499 e. The van der Waals surface area contributed by atoms with Gasteiger partial charge in [0.15, 0.2) is 0 Å². The summed E-state index contributed by atoms with van der Waals surface area (Å²) in [5, 5.41) is 0. The molecule has 0 aromatic carbocycles. The molecule has 0 spiro atoms. The summed E-state index contributed by atoms with van der Waals surface area (Å²) in [6.07, 6.45) is 3.60. The van der Waals surface area contributed by atoms with Crippen molar-refractivity contribution in [3.05, 3.63) is 11.8 Å². The van der Waals surface area contributed by atoms with Crippen LogP contribution in [0, 0.1) is 0 Å². The van der Waals surface area contributed by atoms with Gasteiger partial charge in [0.2, 0.25) is 15.9 Å². The number of hydrogen-bond donors (Lipinski definition) is 1. The Hall–Kier alpha value is -1.41. The molecule has 23 heavy (non-hydrogen) atoms. The zero-order valence-electron chi connectivity index (χ0n) is 14.2. The highest BCUT2D eigenvalue weighted by Gasteiger charge is 2.40. The first kappa shape index (κ1) is 19.6. The quantitative estimate of drug-likeness (QED) is 0.676. The van der Waals surface area contributed by atoms with Crippen LogP contribution in [0.5, 0.6) is 0 Å². The number of nitrogens with one attached hydrogen (secondary N) is 1. The first-order valence-electron chi connectivity index (χ1n) is 7.93. The van der Waals surface area contributed by atoms with Gasteiger partial charge >= 0.3 is 0 Å². The van der Waals surface area contributed by atoms with E-state index in [0.29, 0.717) is 25.0 Å². The molecule has 0 saturated carbocycles. The van der Waals surface area contributed by atoms with Crippen molar-refractivity contribution in [3.63, 3.8) is 0 Å². The van der Waals surface area contributed by atoms with Gasteiger partial charge in [0.25, 0.3) is 5.91 Å². The van der Waals surface area contributed by atoms with E-state index in [4.69, 9.17) is 4.74 Å². The highest BCUT2D eigenvalue weighted by Crippen LogP contribution is 2.25. The normalized spacial score (nSPS) is 19.7. The minimum absolute atomic E-state index is 0.117. The Morgan fingerprint density at radius 1 is 1.35 bits per heavy atom. The first-order valence-corrected chi connectivity index (χ1v) is 9.59. The summed E-state index contributed by atoms with van der Waals surface area (Å²) in [5.41, 5.74) is 0. The van der Waals surface area contributed by atoms with Crippen molar-refractivity contribution in [1.82, 2.24) is 9.62 Å². The summed E-state index contributed by atoms with van der Waals surface area (Å²) in [4.78, 5) is 26.1. The number of imide groups is 1. The van der Waals surface area contributed by atoms with Crippen molar-refractivity contribution >= 4 is 21.8 Å². The maximum absolute atomic E-state index is 12.8. The second-order valence-electron chi connectivity index (χ2n) is 5.46. The second-order valence-corrected chi connectivity index (χ2v) is 7.51. The van der Waals surface area contributed by atoms with Gasteiger partial charge in [-0.2, -0.15) is 0 Å². The summed E-state index contributed by atoms with van der Waals surface area (Å²) < 4.78 is 31.2. The van der Waals surface area contributed by atoms with Gasteiger partial charge in [-0.05, 0) is 19.8 Å². The molecule has 7 nitrogen and oxygen atoms in total. The van der Waals surface area contributed by atoms with Gasteiger partial charge in [-0.3, -0.25) is 14.5 Å². The lowest BCUT2D eigenvalue weighted by molar-refractivity contribution is -0.144. The summed E-state index contributed by atoms with van der Waals surface area (Å²) in [5.74, 6) is -0.648. The van der Waals surface area contributed by atoms with E-state index in [2.05, 4.69) is 4.72 Å². The molecule has 2 atom stereocenters. The van der Waals surface area contributed by atoms with Crippen LogP contribution in [0.1, 0.15) is 46.5 Å². The number of nitrogens with zero attached hydrogens (tertiary/aromatic N) is 1. The third-order valence-corrected chi connectivity index (χ3v) is 5.16. The molecule has 1 rings (SSSR count). The summed E-state index contributed by atoms with van der Waals surface area (Å²) in [6, 6.07) is -1.40. The molecule has 0 radical (unpaired) electrons. The van der Waals surface area contributed by atoms with Gasteiger partial charge in [0.05, 0.1) is 18.9 Å². The Labute approximate surface area is 138 Å². The number of carbonyl (C=O) groups is 2. The SMILES string of the molecule is CCCC(NS(=O)(=O)CC)C(=O)N1C(=O)C=C(OC)C1CCC. The van der Waals surface area contributed by atoms with Crippen LogP contribution >= 0.6 is 0 Å². The zero-order chi connectivity index (χ0) is 17.6. The fraction of sp³-hybridized carbons (Fsp3) is 0.733. The fourth-order valence-electron chi connectivity index (χ4n) is 2.56. The summed E-state index contributed by atoms with van der Waals surface area (Å²) >= 11 is 0. The summed E-state index contributed by atoms with van der Waals surface area (Å²) in [7, 11) is -2.08. The van der Waals surface area contributed by atoms with Crippen LogP contribution in [-0.4, -0.2) is 50.1 Å². The Bertz CT molecular complexity index is 570. The highest BCUT2D eigenvalue weighted by molar-refractivity contribution is 7.89. The number of rotatable bonds is 9. The smallest absolute Gasteiger partial charge is 0.257 e. The second kappa shape index (κ2) is 8.44. The van der Waals surface area contributed by atoms with E-state index in [1.807, 2.05) is 13.8 Å². The van der Waals surface area contributed by atoms with E-state index in [1.54, 1.807) is 0 Å². The Morgan fingerprint density at radius 2 is 2.00 bits per heavy atom. The number of sulfonamides is 1. The molecule has 0 saturated heterocycles. The van der Waals surface area contributed by atoms with Crippen LogP contribution < -0.4 is 4.72 Å². The number of amides is 2. The van der Waals surface area contributed by atoms with Gasteiger partial charge in [0.1, 0.15) is 11.8 Å². The standard InChI is InChI=1S/C15H26N2O5S/c1-5-8-11(16-23(20,21)7-3)15(19)17-12(9-6-2)13(22-4)10-14(17)18/h10-12,16H,5-9H2,1-4H3. The molecule has 0 bridgehead atoms. The number of hydrogen-bond acceptors (Lipinski definition) is 5. The third kappa shape index (κ3) is 4.78. The van der Waals surface area contributed by atoms with E-state index in [1.165, 1.54) is 20.1 Å². The van der Waals surface area contributed by atoms with E-state index >= 15 is 0 Å². The van der Waals surface area contributed by atoms with Crippen LogP contribution in [0.2, 0.25) is 0 Å². The van der Waals surface area contributed by atoms with E-state index in [-0.39, 0.29) is 5.75 Å². The van der Waals surface area contributed by atoms with Crippen molar-refractivity contribution in [1.29, 1.82) is 0 Å². The average Bonchev–Trinajstić information content (AvgIpc) is 2.82. The van der Waals surface area contributed by atoms with Crippen LogP contribution in [-0.2, 0) is 24.3 Å². The fourth-order valence-corrected chi connectivity index (χ4v) is 3.38. The zero-order valence-corrected chi connectivity index (χ0v) is 15.0. The molecule has 2 amide bonds. The first-order chi connectivity index (χ1) is 10.8. The maximum Gasteiger partial charge on any atom is 0.257 e.